The Bertz CT molecular complexity index is 849. The zero-order chi connectivity index (χ0) is 19.3. The van der Waals surface area contributed by atoms with E-state index < -0.39 is 10.0 Å². The zero-order valence-electron chi connectivity index (χ0n) is 15.1. The van der Waals surface area contributed by atoms with Gasteiger partial charge in [-0.25, -0.2) is 8.42 Å². The molecular weight excluding hydrogens is 416 g/mol. The summed E-state index contributed by atoms with van der Waals surface area (Å²) in [6.45, 7) is 5.48. The van der Waals surface area contributed by atoms with Crippen molar-refractivity contribution < 1.29 is 13.2 Å². The molecule has 0 saturated heterocycles. The maximum absolute atomic E-state index is 12.7. The Morgan fingerprint density at radius 3 is 2.23 bits per heavy atom. The van der Waals surface area contributed by atoms with Gasteiger partial charge in [0.2, 0.25) is 15.9 Å². The smallest absolute Gasteiger partial charge is 0.243 e. The predicted octanol–water partition coefficient (Wildman–Crippen LogP) is 3.65. The summed E-state index contributed by atoms with van der Waals surface area (Å²) in [7, 11) is -3.70. The molecule has 2 rings (SSSR count). The SMILES string of the molecule is CCN(CC(=O)N[C@H](C)c1ccc(Br)cc1)S(=O)(=O)c1ccc(C)cc1. The first-order chi connectivity index (χ1) is 12.2. The number of likely N-dealkylation sites (N-methyl/N-ethyl adjacent to an activating group) is 1. The Morgan fingerprint density at radius 1 is 1.12 bits per heavy atom. The maximum Gasteiger partial charge on any atom is 0.243 e. The molecule has 2 aromatic rings. The number of hydrogen-bond donors (Lipinski definition) is 1. The van der Waals surface area contributed by atoms with Gasteiger partial charge in [-0.05, 0) is 43.7 Å². The molecule has 0 spiro atoms. The number of sulfonamides is 1. The molecule has 26 heavy (non-hydrogen) atoms. The van der Waals surface area contributed by atoms with Crippen LogP contribution in [0.3, 0.4) is 0 Å². The third-order valence-electron chi connectivity index (χ3n) is 4.08. The topological polar surface area (TPSA) is 66.5 Å². The number of hydrogen-bond acceptors (Lipinski definition) is 3. The van der Waals surface area contributed by atoms with Crippen LogP contribution in [0.2, 0.25) is 0 Å². The molecule has 0 unspecified atom stereocenters. The van der Waals surface area contributed by atoms with E-state index in [4.69, 9.17) is 0 Å². The Balaban J connectivity index is 2.07. The van der Waals surface area contributed by atoms with Crippen LogP contribution in [-0.4, -0.2) is 31.7 Å². The monoisotopic (exact) mass is 438 g/mol. The molecule has 1 N–H and O–H groups in total. The highest BCUT2D eigenvalue weighted by atomic mass is 79.9. The van der Waals surface area contributed by atoms with Gasteiger partial charge in [-0.2, -0.15) is 4.31 Å². The number of amides is 1. The summed E-state index contributed by atoms with van der Waals surface area (Å²) in [5.74, 6) is -0.335. The molecule has 1 amide bonds. The van der Waals surface area contributed by atoms with Crippen molar-refractivity contribution in [2.75, 3.05) is 13.1 Å². The average Bonchev–Trinajstić information content (AvgIpc) is 2.60. The van der Waals surface area contributed by atoms with Crippen LogP contribution < -0.4 is 5.32 Å². The minimum absolute atomic E-state index is 0.193. The van der Waals surface area contributed by atoms with Crippen LogP contribution in [-0.2, 0) is 14.8 Å². The number of carbonyl (C=O) groups excluding carboxylic acids is 1. The zero-order valence-corrected chi connectivity index (χ0v) is 17.5. The molecule has 0 aliphatic carbocycles. The number of aryl methyl sites for hydroxylation is 1. The second-order valence-electron chi connectivity index (χ2n) is 6.09. The second-order valence-corrected chi connectivity index (χ2v) is 8.94. The summed E-state index contributed by atoms with van der Waals surface area (Å²) in [6.07, 6.45) is 0. The fourth-order valence-corrected chi connectivity index (χ4v) is 4.18. The number of nitrogens with zero attached hydrogens (tertiary/aromatic N) is 1. The third kappa shape index (κ3) is 5.16. The summed E-state index contributed by atoms with van der Waals surface area (Å²) < 4.78 is 27.6. The Kier molecular flexibility index (Phi) is 6.97. The van der Waals surface area contributed by atoms with Gasteiger partial charge >= 0.3 is 0 Å². The third-order valence-corrected chi connectivity index (χ3v) is 6.54. The summed E-state index contributed by atoms with van der Waals surface area (Å²) in [5.41, 5.74) is 1.93. The maximum atomic E-state index is 12.7. The van der Waals surface area contributed by atoms with Gasteiger partial charge in [-0.3, -0.25) is 4.79 Å². The Hall–Kier alpha value is -1.70. The van der Waals surface area contributed by atoms with Crippen molar-refractivity contribution in [2.45, 2.75) is 31.7 Å². The highest BCUT2D eigenvalue weighted by Gasteiger charge is 2.25. The van der Waals surface area contributed by atoms with Crippen molar-refractivity contribution in [3.8, 4) is 0 Å². The first-order valence-electron chi connectivity index (χ1n) is 8.35. The fourth-order valence-electron chi connectivity index (χ4n) is 2.51. The standard InChI is InChI=1S/C19H23BrN2O3S/c1-4-22(26(24,25)18-11-5-14(2)6-12-18)13-19(23)21-15(3)16-7-9-17(20)10-8-16/h5-12,15H,4,13H2,1-3H3,(H,21,23)/t15-/m1/s1. The van der Waals surface area contributed by atoms with E-state index in [1.165, 1.54) is 4.31 Å². The molecule has 0 aliphatic rings. The van der Waals surface area contributed by atoms with Crippen LogP contribution in [0.1, 0.15) is 31.0 Å². The minimum Gasteiger partial charge on any atom is -0.348 e. The van der Waals surface area contributed by atoms with Gasteiger partial charge in [0.05, 0.1) is 17.5 Å². The van der Waals surface area contributed by atoms with E-state index in [1.807, 2.05) is 38.1 Å². The van der Waals surface area contributed by atoms with Crippen molar-refractivity contribution in [1.29, 1.82) is 0 Å². The second kappa shape index (κ2) is 8.79. The van der Waals surface area contributed by atoms with Gasteiger partial charge in [-0.15, -0.1) is 0 Å². The molecule has 0 fully saturated rings. The lowest BCUT2D eigenvalue weighted by Crippen LogP contribution is -2.41. The van der Waals surface area contributed by atoms with Crippen molar-refractivity contribution in [1.82, 2.24) is 9.62 Å². The molecule has 0 saturated carbocycles. The van der Waals surface area contributed by atoms with Gasteiger partial charge in [0, 0.05) is 11.0 Å². The van der Waals surface area contributed by atoms with Crippen molar-refractivity contribution in [3.63, 3.8) is 0 Å². The van der Waals surface area contributed by atoms with Gasteiger partial charge in [-0.1, -0.05) is 52.7 Å². The molecule has 0 bridgehead atoms. The van der Waals surface area contributed by atoms with Gasteiger partial charge < -0.3 is 5.32 Å². The van der Waals surface area contributed by atoms with Gasteiger partial charge in [0.1, 0.15) is 0 Å². The largest absolute Gasteiger partial charge is 0.348 e. The van der Waals surface area contributed by atoms with Crippen molar-refractivity contribution in [2.24, 2.45) is 0 Å². The number of benzene rings is 2. The van der Waals surface area contributed by atoms with E-state index in [2.05, 4.69) is 21.2 Å². The lowest BCUT2D eigenvalue weighted by molar-refractivity contribution is -0.121. The Morgan fingerprint density at radius 2 is 1.69 bits per heavy atom. The van der Waals surface area contributed by atoms with Gasteiger partial charge in [0.15, 0.2) is 0 Å². The molecule has 5 nitrogen and oxygen atoms in total. The van der Waals surface area contributed by atoms with Crippen LogP contribution in [0.15, 0.2) is 57.9 Å². The number of nitrogens with one attached hydrogen (secondary N) is 1. The lowest BCUT2D eigenvalue weighted by atomic mass is 10.1. The molecule has 2 aromatic carbocycles. The van der Waals surface area contributed by atoms with Crippen LogP contribution in [0.4, 0.5) is 0 Å². The molecule has 0 radical (unpaired) electrons. The number of halogens is 1. The first kappa shape index (κ1) is 20.6. The molecule has 0 aliphatic heterocycles. The van der Waals surface area contributed by atoms with Crippen LogP contribution in [0.5, 0.6) is 0 Å². The number of rotatable bonds is 7. The predicted molar refractivity (Wildman–Crippen MR) is 106 cm³/mol. The van der Waals surface area contributed by atoms with E-state index >= 15 is 0 Å². The Labute approximate surface area is 163 Å². The quantitative estimate of drug-likeness (QED) is 0.717. The average molecular weight is 439 g/mol. The van der Waals surface area contributed by atoms with E-state index in [-0.39, 0.29) is 29.9 Å². The van der Waals surface area contributed by atoms with Crippen LogP contribution in [0, 0.1) is 6.92 Å². The highest BCUT2D eigenvalue weighted by molar-refractivity contribution is 9.10. The highest BCUT2D eigenvalue weighted by Crippen LogP contribution is 2.18. The van der Waals surface area contributed by atoms with Crippen molar-refractivity contribution in [3.05, 3.63) is 64.1 Å². The van der Waals surface area contributed by atoms with Gasteiger partial charge in [0.25, 0.3) is 0 Å². The number of carbonyl (C=O) groups is 1. The van der Waals surface area contributed by atoms with E-state index in [0.29, 0.717) is 0 Å². The summed E-state index contributed by atoms with van der Waals surface area (Å²) in [4.78, 5) is 12.6. The summed E-state index contributed by atoms with van der Waals surface area (Å²) in [6, 6.07) is 14.0. The van der Waals surface area contributed by atoms with Crippen molar-refractivity contribution >= 4 is 31.9 Å². The summed E-state index contributed by atoms with van der Waals surface area (Å²) in [5, 5.41) is 2.85. The minimum atomic E-state index is -3.70. The fraction of sp³-hybridized carbons (Fsp3) is 0.316. The molecule has 140 valence electrons. The molecule has 0 aromatic heterocycles. The molecule has 7 heteroatoms. The normalized spacial score (nSPS) is 12.8. The molecule has 1 atom stereocenters. The van der Waals surface area contributed by atoms with E-state index in [9.17, 15) is 13.2 Å². The molecule has 0 heterocycles. The first-order valence-corrected chi connectivity index (χ1v) is 10.6. The molecular formula is C19H23BrN2O3S. The summed E-state index contributed by atoms with van der Waals surface area (Å²) >= 11 is 3.38. The lowest BCUT2D eigenvalue weighted by Gasteiger charge is -2.22. The van der Waals surface area contributed by atoms with E-state index in [0.717, 1.165) is 15.6 Å². The van der Waals surface area contributed by atoms with E-state index in [1.54, 1.807) is 31.2 Å². The van der Waals surface area contributed by atoms with Crippen LogP contribution in [0.25, 0.3) is 0 Å². The van der Waals surface area contributed by atoms with Crippen LogP contribution >= 0.6 is 15.9 Å².